The zero-order chi connectivity index (χ0) is 27.0. The number of halogens is 2. The van der Waals surface area contributed by atoms with E-state index < -0.39 is 17.0 Å². The predicted molar refractivity (Wildman–Crippen MR) is 148 cm³/mol. The molecule has 1 amide bonds. The fraction of sp³-hybridized carbons (Fsp3) is 0.357. The van der Waals surface area contributed by atoms with Crippen LogP contribution in [0.3, 0.4) is 0 Å². The highest BCUT2D eigenvalue weighted by molar-refractivity contribution is 7.14. The molecule has 198 valence electrons. The third-order valence-electron chi connectivity index (χ3n) is 7.31. The standard InChI is InChI=1S/C28H28ClFN4O3S/c1-33-10-9-17-12-19(15-31-26(17)33)21-8-7-20(29)14-22(21)24-25(30)38-28(32-24)34(2)27(37)18(13-23(35)36)11-16-5-3-4-6-16/h7-10,12,14-16,18H,3-6,11,13H2,1-2H3,(H,35,36)/t18-/m1/s1. The van der Waals surface area contributed by atoms with Gasteiger partial charge in [0.05, 0.1) is 6.42 Å². The minimum absolute atomic E-state index is 0.0842. The Balaban J connectivity index is 1.48. The van der Waals surface area contributed by atoms with Crippen LogP contribution in [0.4, 0.5) is 9.52 Å². The molecule has 1 atom stereocenters. The number of thiazole rings is 1. The maximum absolute atomic E-state index is 15.4. The Morgan fingerprint density at radius 2 is 2.00 bits per heavy atom. The van der Waals surface area contributed by atoms with Gasteiger partial charge in [0, 0.05) is 53.9 Å². The Morgan fingerprint density at radius 3 is 2.74 bits per heavy atom. The second kappa shape index (κ2) is 10.8. The monoisotopic (exact) mass is 554 g/mol. The average molecular weight is 555 g/mol. The number of hydrogen-bond donors (Lipinski definition) is 1. The van der Waals surface area contributed by atoms with Gasteiger partial charge in [0.1, 0.15) is 11.3 Å². The van der Waals surface area contributed by atoms with Crippen molar-refractivity contribution in [2.75, 3.05) is 11.9 Å². The Bertz CT molecular complexity index is 1510. The number of carboxylic acid groups (broad SMARTS) is 1. The number of carbonyl (C=O) groups is 2. The van der Waals surface area contributed by atoms with E-state index in [0.717, 1.165) is 53.6 Å². The van der Waals surface area contributed by atoms with Crippen molar-refractivity contribution < 1.29 is 19.1 Å². The zero-order valence-corrected chi connectivity index (χ0v) is 22.7. The van der Waals surface area contributed by atoms with Gasteiger partial charge in [0.25, 0.3) is 0 Å². The van der Waals surface area contributed by atoms with Gasteiger partial charge in [-0.3, -0.25) is 14.5 Å². The van der Waals surface area contributed by atoms with Gasteiger partial charge in [0.15, 0.2) is 5.13 Å². The van der Waals surface area contributed by atoms with Crippen molar-refractivity contribution in [1.29, 1.82) is 0 Å². The molecule has 1 N–H and O–H groups in total. The minimum Gasteiger partial charge on any atom is -0.481 e. The van der Waals surface area contributed by atoms with E-state index in [1.54, 1.807) is 24.4 Å². The second-order valence-corrected chi connectivity index (χ2v) is 11.3. The first-order valence-electron chi connectivity index (χ1n) is 12.6. The van der Waals surface area contributed by atoms with Crippen LogP contribution in [0.1, 0.15) is 38.5 Å². The molecule has 0 bridgehead atoms. The second-order valence-electron chi connectivity index (χ2n) is 9.95. The molecule has 0 spiro atoms. The number of rotatable bonds is 8. The fourth-order valence-corrected chi connectivity index (χ4v) is 6.31. The lowest BCUT2D eigenvalue weighted by molar-refractivity contribution is -0.140. The summed E-state index contributed by atoms with van der Waals surface area (Å²) in [7, 11) is 3.45. The zero-order valence-electron chi connectivity index (χ0n) is 21.2. The first-order chi connectivity index (χ1) is 18.2. The summed E-state index contributed by atoms with van der Waals surface area (Å²) in [5, 5.41) is 10.4. The van der Waals surface area contributed by atoms with Crippen molar-refractivity contribution in [1.82, 2.24) is 14.5 Å². The molecule has 38 heavy (non-hydrogen) atoms. The number of carbonyl (C=O) groups excluding carboxylic acids is 1. The van der Waals surface area contributed by atoms with Crippen LogP contribution in [0.25, 0.3) is 33.4 Å². The topological polar surface area (TPSA) is 88.3 Å². The predicted octanol–water partition coefficient (Wildman–Crippen LogP) is 6.79. The fourth-order valence-electron chi connectivity index (χ4n) is 5.37. The van der Waals surface area contributed by atoms with Gasteiger partial charge < -0.3 is 9.67 Å². The van der Waals surface area contributed by atoms with Crippen molar-refractivity contribution in [2.45, 2.75) is 38.5 Å². The van der Waals surface area contributed by atoms with E-state index in [4.69, 9.17) is 11.6 Å². The maximum atomic E-state index is 15.4. The molecular formula is C28H28ClFN4O3S. The minimum atomic E-state index is -1.02. The molecule has 3 aromatic heterocycles. The van der Waals surface area contributed by atoms with Crippen molar-refractivity contribution in [3.63, 3.8) is 0 Å². The molecular weight excluding hydrogens is 527 g/mol. The summed E-state index contributed by atoms with van der Waals surface area (Å²) in [4.78, 5) is 35.2. The van der Waals surface area contributed by atoms with Crippen LogP contribution in [-0.4, -0.2) is 38.6 Å². The number of nitrogens with zero attached hydrogens (tertiary/aromatic N) is 4. The van der Waals surface area contributed by atoms with E-state index in [1.807, 2.05) is 29.9 Å². The first kappa shape index (κ1) is 26.3. The Hall–Kier alpha value is -3.30. The quantitative estimate of drug-likeness (QED) is 0.259. The lowest BCUT2D eigenvalue weighted by atomic mass is 9.90. The molecule has 4 aromatic rings. The number of benzene rings is 1. The van der Waals surface area contributed by atoms with Gasteiger partial charge in [0.2, 0.25) is 11.0 Å². The summed E-state index contributed by atoms with van der Waals surface area (Å²) in [6.07, 6.45) is 8.13. The number of anilines is 1. The number of aliphatic carboxylic acids is 1. The van der Waals surface area contributed by atoms with E-state index in [9.17, 15) is 14.7 Å². The third kappa shape index (κ3) is 5.31. The SMILES string of the molecule is CN(C(=O)[C@@H](CC(=O)O)CC1CCCC1)c1nc(-c2cc(Cl)ccc2-c2cnc3c(ccn3C)c2)c(F)s1. The molecule has 1 saturated carbocycles. The van der Waals surface area contributed by atoms with E-state index in [1.165, 1.54) is 11.9 Å². The number of hydrogen-bond acceptors (Lipinski definition) is 5. The van der Waals surface area contributed by atoms with Crippen LogP contribution in [-0.2, 0) is 16.6 Å². The smallest absolute Gasteiger partial charge is 0.304 e. The molecule has 7 nitrogen and oxygen atoms in total. The molecule has 10 heteroatoms. The molecule has 5 rings (SSSR count). The molecule has 1 aromatic carbocycles. The summed E-state index contributed by atoms with van der Waals surface area (Å²) in [5.41, 5.74) is 2.90. The van der Waals surface area contributed by atoms with Gasteiger partial charge in [-0.25, -0.2) is 9.97 Å². The van der Waals surface area contributed by atoms with Crippen molar-refractivity contribution in [3.05, 3.63) is 52.9 Å². The molecule has 0 unspecified atom stereocenters. The Morgan fingerprint density at radius 1 is 1.24 bits per heavy atom. The summed E-state index contributed by atoms with van der Waals surface area (Å²) >= 11 is 7.07. The van der Waals surface area contributed by atoms with Crippen molar-refractivity contribution in [3.8, 4) is 22.4 Å². The van der Waals surface area contributed by atoms with E-state index >= 15 is 4.39 Å². The highest BCUT2D eigenvalue weighted by Gasteiger charge is 2.31. The number of amides is 1. The molecule has 1 aliphatic rings. The summed E-state index contributed by atoms with van der Waals surface area (Å²) < 4.78 is 17.3. The first-order valence-corrected chi connectivity index (χ1v) is 13.8. The number of aromatic nitrogens is 3. The summed E-state index contributed by atoms with van der Waals surface area (Å²) in [6, 6.07) is 9.14. The number of carboxylic acids is 1. The number of fused-ring (bicyclic) bond motifs is 1. The number of aryl methyl sites for hydroxylation is 1. The van der Waals surface area contributed by atoms with E-state index in [2.05, 4.69) is 9.97 Å². The summed E-state index contributed by atoms with van der Waals surface area (Å²) in [6.45, 7) is 0. The van der Waals surface area contributed by atoms with Crippen molar-refractivity contribution in [2.24, 2.45) is 18.9 Å². The van der Waals surface area contributed by atoms with E-state index in [0.29, 0.717) is 28.5 Å². The average Bonchev–Trinajstić information content (AvgIpc) is 3.63. The highest BCUT2D eigenvalue weighted by atomic mass is 35.5. The van der Waals surface area contributed by atoms with Crippen LogP contribution in [0.5, 0.6) is 0 Å². The maximum Gasteiger partial charge on any atom is 0.304 e. The Labute approximate surface area is 228 Å². The molecule has 1 aliphatic carbocycles. The highest BCUT2D eigenvalue weighted by Crippen LogP contribution is 2.40. The third-order valence-corrected chi connectivity index (χ3v) is 8.46. The summed E-state index contributed by atoms with van der Waals surface area (Å²) in [5.74, 6) is -1.72. The van der Waals surface area contributed by atoms with Crippen LogP contribution in [0.15, 0.2) is 42.7 Å². The molecule has 0 radical (unpaired) electrons. The van der Waals surface area contributed by atoms with Gasteiger partial charge in [-0.1, -0.05) is 54.7 Å². The van der Waals surface area contributed by atoms with Gasteiger partial charge in [-0.2, -0.15) is 4.39 Å². The van der Waals surface area contributed by atoms with Crippen LogP contribution in [0.2, 0.25) is 5.02 Å². The molecule has 1 fully saturated rings. The van der Waals surface area contributed by atoms with E-state index in [-0.39, 0.29) is 23.2 Å². The van der Waals surface area contributed by atoms with Crippen LogP contribution in [0, 0.1) is 17.0 Å². The van der Waals surface area contributed by atoms with Crippen LogP contribution < -0.4 is 4.90 Å². The van der Waals surface area contributed by atoms with Gasteiger partial charge >= 0.3 is 5.97 Å². The lowest BCUT2D eigenvalue weighted by Gasteiger charge is -2.23. The van der Waals surface area contributed by atoms with Gasteiger partial charge in [-0.15, -0.1) is 0 Å². The normalized spacial score (nSPS) is 14.7. The lowest BCUT2D eigenvalue weighted by Crippen LogP contribution is -2.35. The molecule has 0 saturated heterocycles. The van der Waals surface area contributed by atoms with Gasteiger partial charge in [-0.05, 0) is 42.2 Å². The van der Waals surface area contributed by atoms with Crippen molar-refractivity contribution >= 4 is 51.0 Å². The molecule has 3 heterocycles. The molecule has 0 aliphatic heterocycles. The largest absolute Gasteiger partial charge is 0.481 e. The Kier molecular flexibility index (Phi) is 7.49. The van der Waals surface area contributed by atoms with Crippen LogP contribution >= 0.6 is 22.9 Å². The number of pyridine rings is 1.